The molecular formula is C12H25IN2. The normalized spacial score (nSPS) is 19.0. The second-order valence-corrected chi connectivity index (χ2v) is 5.48. The minimum atomic E-state index is 1.20. The van der Waals surface area contributed by atoms with Crippen LogP contribution in [0.1, 0.15) is 38.5 Å². The fraction of sp³-hybridized carbons (Fsp3) is 1.00. The molecule has 1 N–H and O–H groups in total. The average Bonchev–Trinajstić information content (AvgIpc) is 2.52. The number of nitrogens with one attached hydrogen (secondary N) is 1. The Kier molecular flexibility index (Phi) is 9.00. The molecule has 1 heterocycles. The topological polar surface area (TPSA) is 15.3 Å². The highest BCUT2D eigenvalue weighted by atomic mass is 127. The second kappa shape index (κ2) is 9.85. The van der Waals surface area contributed by atoms with E-state index in [0.29, 0.717) is 0 Å². The highest BCUT2D eigenvalue weighted by Crippen LogP contribution is 2.09. The van der Waals surface area contributed by atoms with Crippen molar-refractivity contribution >= 4 is 22.6 Å². The van der Waals surface area contributed by atoms with Crippen molar-refractivity contribution in [1.29, 1.82) is 0 Å². The predicted octanol–water partition coefficient (Wildman–Crippen LogP) is 2.67. The van der Waals surface area contributed by atoms with Crippen molar-refractivity contribution in [3.63, 3.8) is 0 Å². The quantitative estimate of drug-likeness (QED) is 0.440. The minimum Gasteiger partial charge on any atom is -0.317 e. The molecule has 0 saturated carbocycles. The number of nitrogens with zero attached hydrogens (tertiary/aromatic N) is 1. The molecule has 1 rings (SSSR count). The van der Waals surface area contributed by atoms with Crippen LogP contribution in [0.3, 0.4) is 0 Å². The Morgan fingerprint density at radius 2 is 1.60 bits per heavy atom. The molecule has 1 aliphatic heterocycles. The smallest absolute Gasteiger partial charge is 0.000735 e. The monoisotopic (exact) mass is 324 g/mol. The lowest BCUT2D eigenvalue weighted by Crippen LogP contribution is -2.28. The Balaban J connectivity index is 1.89. The Bertz CT molecular complexity index is 134. The maximum Gasteiger partial charge on any atom is 0.000735 e. The molecule has 0 aromatic rings. The van der Waals surface area contributed by atoms with Gasteiger partial charge in [0.1, 0.15) is 0 Å². The van der Waals surface area contributed by atoms with E-state index in [1.165, 1.54) is 75.7 Å². The van der Waals surface area contributed by atoms with Crippen LogP contribution in [-0.4, -0.2) is 42.1 Å². The summed E-state index contributed by atoms with van der Waals surface area (Å²) in [7, 11) is 0. The first-order valence-corrected chi connectivity index (χ1v) is 7.95. The van der Waals surface area contributed by atoms with Crippen molar-refractivity contribution in [2.75, 3.05) is 37.2 Å². The van der Waals surface area contributed by atoms with Gasteiger partial charge in [0.2, 0.25) is 0 Å². The van der Waals surface area contributed by atoms with E-state index < -0.39 is 0 Å². The molecule has 90 valence electrons. The third kappa shape index (κ3) is 7.53. The molecule has 0 atom stereocenters. The number of halogens is 1. The molecule has 15 heavy (non-hydrogen) atoms. The summed E-state index contributed by atoms with van der Waals surface area (Å²) in [5.41, 5.74) is 0. The molecule has 1 saturated heterocycles. The first kappa shape index (κ1) is 13.7. The molecule has 0 aromatic carbocycles. The highest BCUT2D eigenvalue weighted by Gasteiger charge is 2.07. The Morgan fingerprint density at radius 1 is 0.933 bits per heavy atom. The zero-order valence-electron chi connectivity index (χ0n) is 9.81. The number of likely N-dealkylation sites (tertiary alicyclic amines) is 1. The van der Waals surface area contributed by atoms with E-state index in [0.717, 1.165) is 0 Å². The van der Waals surface area contributed by atoms with Crippen molar-refractivity contribution in [2.45, 2.75) is 38.5 Å². The van der Waals surface area contributed by atoms with Crippen molar-refractivity contribution in [3.8, 4) is 0 Å². The predicted molar refractivity (Wildman–Crippen MR) is 75.9 cm³/mol. The van der Waals surface area contributed by atoms with Gasteiger partial charge >= 0.3 is 0 Å². The summed E-state index contributed by atoms with van der Waals surface area (Å²) in [6.45, 7) is 6.38. The van der Waals surface area contributed by atoms with Gasteiger partial charge in [0.15, 0.2) is 0 Å². The van der Waals surface area contributed by atoms with Gasteiger partial charge < -0.3 is 10.2 Å². The molecule has 0 unspecified atom stereocenters. The average molecular weight is 324 g/mol. The zero-order valence-corrected chi connectivity index (χ0v) is 12.0. The summed E-state index contributed by atoms with van der Waals surface area (Å²) in [6.07, 6.45) is 8.37. The third-order valence-corrected chi connectivity index (χ3v) is 3.78. The van der Waals surface area contributed by atoms with E-state index >= 15 is 0 Å². The fourth-order valence-corrected chi connectivity index (χ4v) is 2.49. The Hall–Kier alpha value is 0.650. The number of hydrogen-bond donors (Lipinski definition) is 1. The van der Waals surface area contributed by atoms with Gasteiger partial charge in [0, 0.05) is 4.43 Å². The van der Waals surface area contributed by atoms with Crippen molar-refractivity contribution in [3.05, 3.63) is 0 Å². The lowest BCUT2D eigenvalue weighted by molar-refractivity contribution is 0.280. The molecule has 0 bridgehead atoms. The molecule has 1 fully saturated rings. The van der Waals surface area contributed by atoms with Crippen LogP contribution in [0, 0.1) is 0 Å². The van der Waals surface area contributed by atoms with Gasteiger partial charge in [-0.05, 0) is 58.4 Å². The van der Waals surface area contributed by atoms with E-state index in [1.807, 2.05) is 0 Å². The number of hydrogen-bond acceptors (Lipinski definition) is 2. The van der Waals surface area contributed by atoms with Gasteiger partial charge in [-0.3, -0.25) is 0 Å². The molecule has 3 heteroatoms. The molecule has 0 aliphatic carbocycles. The van der Waals surface area contributed by atoms with Crippen LogP contribution < -0.4 is 5.32 Å². The maximum atomic E-state index is 3.51. The van der Waals surface area contributed by atoms with Crippen LogP contribution in [-0.2, 0) is 0 Å². The van der Waals surface area contributed by atoms with Gasteiger partial charge in [-0.1, -0.05) is 35.4 Å². The third-order valence-electron chi connectivity index (χ3n) is 3.01. The molecule has 0 spiro atoms. The molecule has 1 aliphatic rings. The highest BCUT2D eigenvalue weighted by molar-refractivity contribution is 14.1. The van der Waals surface area contributed by atoms with Crippen LogP contribution in [0.2, 0.25) is 0 Å². The number of rotatable bonds is 7. The first-order chi connectivity index (χ1) is 7.43. The Labute approximate surface area is 108 Å². The van der Waals surface area contributed by atoms with Crippen molar-refractivity contribution in [1.82, 2.24) is 10.2 Å². The van der Waals surface area contributed by atoms with Crippen molar-refractivity contribution in [2.24, 2.45) is 0 Å². The summed E-state index contributed by atoms with van der Waals surface area (Å²) < 4.78 is 1.27. The van der Waals surface area contributed by atoms with Crippen LogP contribution in [0.4, 0.5) is 0 Å². The van der Waals surface area contributed by atoms with Crippen LogP contribution in [0.25, 0.3) is 0 Å². The van der Waals surface area contributed by atoms with Gasteiger partial charge in [0.05, 0.1) is 0 Å². The molecule has 2 nitrogen and oxygen atoms in total. The lowest BCUT2D eigenvalue weighted by Gasteiger charge is -2.19. The summed E-state index contributed by atoms with van der Waals surface area (Å²) in [6, 6.07) is 0. The van der Waals surface area contributed by atoms with Crippen molar-refractivity contribution < 1.29 is 0 Å². The summed E-state index contributed by atoms with van der Waals surface area (Å²) >= 11 is 2.44. The van der Waals surface area contributed by atoms with Gasteiger partial charge in [-0.15, -0.1) is 0 Å². The van der Waals surface area contributed by atoms with E-state index in [-0.39, 0.29) is 0 Å². The SMILES string of the molecule is ICCCNCCCN1CCCCCC1. The van der Waals surface area contributed by atoms with Gasteiger partial charge in [0.25, 0.3) is 0 Å². The molecule has 0 amide bonds. The fourth-order valence-electron chi connectivity index (χ4n) is 2.10. The standard InChI is InChI=1S/C12H25IN2/c13-7-5-8-14-9-6-12-15-10-3-1-2-4-11-15/h14H,1-12H2. The molecule has 0 aromatic heterocycles. The Morgan fingerprint density at radius 3 is 2.27 bits per heavy atom. The summed E-state index contributed by atoms with van der Waals surface area (Å²) in [4.78, 5) is 2.65. The summed E-state index contributed by atoms with van der Waals surface area (Å²) in [5, 5.41) is 3.51. The maximum absolute atomic E-state index is 3.51. The minimum absolute atomic E-state index is 1.20. The van der Waals surface area contributed by atoms with E-state index in [1.54, 1.807) is 0 Å². The van der Waals surface area contributed by atoms with Gasteiger partial charge in [-0.25, -0.2) is 0 Å². The van der Waals surface area contributed by atoms with Crippen LogP contribution in [0.5, 0.6) is 0 Å². The summed E-state index contributed by atoms with van der Waals surface area (Å²) in [5.74, 6) is 0. The van der Waals surface area contributed by atoms with E-state index in [2.05, 4.69) is 32.8 Å². The van der Waals surface area contributed by atoms with Gasteiger partial charge in [-0.2, -0.15) is 0 Å². The van der Waals surface area contributed by atoms with E-state index in [9.17, 15) is 0 Å². The van der Waals surface area contributed by atoms with Crippen LogP contribution in [0.15, 0.2) is 0 Å². The molecular weight excluding hydrogens is 299 g/mol. The lowest BCUT2D eigenvalue weighted by atomic mass is 10.2. The van der Waals surface area contributed by atoms with E-state index in [4.69, 9.17) is 0 Å². The second-order valence-electron chi connectivity index (χ2n) is 4.40. The molecule has 0 radical (unpaired) electrons. The number of alkyl halides is 1. The largest absolute Gasteiger partial charge is 0.317 e. The first-order valence-electron chi connectivity index (χ1n) is 6.42. The zero-order chi connectivity index (χ0) is 10.8. The van der Waals surface area contributed by atoms with Crippen LogP contribution >= 0.6 is 22.6 Å².